The van der Waals surface area contributed by atoms with Crippen LogP contribution in [-0.2, 0) is 28.4 Å². The molecule has 1 N–H and O–H groups in total. The van der Waals surface area contributed by atoms with Gasteiger partial charge in [-0.25, -0.2) is 4.79 Å². The van der Waals surface area contributed by atoms with Crippen LogP contribution < -0.4 is 4.74 Å². The van der Waals surface area contributed by atoms with Crippen molar-refractivity contribution in [3.8, 4) is 5.75 Å². The van der Waals surface area contributed by atoms with Crippen molar-refractivity contribution < 1.29 is 50.6 Å². The Bertz CT molecular complexity index is 1680. The normalized spacial score (nSPS) is 21.7. The van der Waals surface area contributed by atoms with E-state index in [9.17, 15) is 45.8 Å². The number of pyridine rings is 1. The number of nitrogens with zero attached hydrogens (tertiary/aromatic N) is 3. The maximum absolute atomic E-state index is 14.8. The van der Waals surface area contributed by atoms with Crippen molar-refractivity contribution in [2.45, 2.75) is 69.1 Å². The lowest BCUT2D eigenvalue weighted by Crippen LogP contribution is -2.69. The summed E-state index contributed by atoms with van der Waals surface area (Å²) in [6.45, 7) is 1.44. The minimum absolute atomic E-state index is 0.0000822. The van der Waals surface area contributed by atoms with E-state index in [0.717, 1.165) is 27.4 Å². The van der Waals surface area contributed by atoms with E-state index in [1.807, 2.05) is 0 Å². The fraction of sp³-hybridized carbons (Fsp3) is 0.419. The summed E-state index contributed by atoms with van der Waals surface area (Å²) in [5.74, 6) is -3.81. The van der Waals surface area contributed by atoms with Gasteiger partial charge in [0, 0.05) is 42.2 Å². The molecule has 1 unspecified atom stereocenters. The predicted molar refractivity (Wildman–Crippen MR) is 158 cm³/mol. The Morgan fingerprint density at radius 1 is 1.09 bits per heavy atom. The molecule has 1 fully saturated rings. The molecule has 47 heavy (non-hydrogen) atoms. The molecule has 3 aromatic rings. The van der Waals surface area contributed by atoms with Crippen LogP contribution in [0.2, 0.25) is 5.02 Å². The van der Waals surface area contributed by atoms with Crippen LogP contribution >= 0.6 is 22.9 Å². The van der Waals surface area contributed by atoms with E-state index in [-0.39, 0.29) is 56.5 Å². The van der Waals surface area contributed by atoms with Crippen molar-refractivity contribution in [2.24, 2.45) is 0 Å². The fourth-order valence-electron chi connectivity index (χ4n) is 6.40. The number of thiophene rings is 1. The van der Waals surface area contributed by atoms with Crippen LogP contribution in [0.25, 0.3) is 0 Å². The number of carboxylic acid groups (broad SMARTS) is 1. The van der Waals surface area contributed by atoms with Gasteiger partial charge in [-0.2, -0.15) is 26.3 Å². The first-order valence-corrected chi connectivity index (χ1v) is 15.8. The number of carbonyl (C=O) groups excluding carboxylic acids is 2. The first kappa shape index (κ1) is 34.5. The molecule has 2 amide bonds. The number of benzene rings is 1. The molecule has 5 rings (SSSR count). The Kier molecular flexibility index (Phi) is 9.52. The van der Waals surface area contributed by atoms with Gasteiger partial charge in [-0.15, -0.1) is 11.3 Å². The van der Waals surface area contributed by atoms with Crippen LogP contribution in [0.5, 0.6) is 5.75 Å². The van der Waals surface area contributed by atoms with Crippen LogP contribution in [0.3, 0.4) is 0 Å². The minimum Gasteiger partial charge on any atom is -0.479 e. The second kappa shape index (κ2) is 13.0. The molecule has 16 heteroatoms. The SMILES string of the molecule is CCC[C@H]1N(C(=O)c2ncccc2C(F)(F)F)CCC[C@@]1(Oc1csc(C(F)(F)F)c1)C(=O)N1CCc2cc(Cl)ccc2C1C(=O)O. The van der Waals surface area contributed by atoms with Gasteiger partial charge >= 0.3 is 18.3 Å². The molecule has 0 aliphatic carbocycles. The zero-order chi connectivity index (χ0) is 34.3. The average molecular weight is 704 g/mol. The first-order valence-electron chi connectivity index (χ1n) is 14.6. The molecule has 8 nitrogen and oxygen atoms in total. The van der Waals surface area contributed by atoms with Crippen molar-refractivity contribution in [2.75, 3.05) is 13.1 Å². The zero-order valence-corrected chi connectivity index (χ0v) is 26.3. The summed E-state index contributed by atoms with van der Waals surface area (Å²) in [7, 11) is 0. The molecule has 0 saturated carbocycles. The summed E-state index contributed by atoms with van der Waals surface area (Å²) in [5.41, 5.74) is -3.53. The third-order valence-electron chi connectivity index (χ3n) is 8.35. The molecule has 2 aliphatic rings. The van der Waals surface area contributed by atoms with Gasteiger partial charge in [0.15, 0.2) is 6.04 Å². The second-order valence-electron chi connectivity index (χ2n) is 11.3. The molecule has 252 valence electrons. The number of aromatic nitrogens is 1. The Morgan fingerprint density at radius 2 is 1.83 bits per heavy atom. The maximum Gasteiger partial charge on any atom is 0.425 e. The van der Waals surface area contributed by atoms with Crippen molar-refractivity contribution in [1.82, 2.24) is 14.8 Å². The number of rotatable bonds is 7. The zero-order valence-electron chi connectivity index (χ0n) is 24.7. The summed E-state index contributed by atoms with van der Waals surface area (Å²) in [6.07, 6.45) is -8.37. The predicted octanol–water partition coefficient (Wildman–Crippen LogP) is 7.27. The Labute approximate surface area is 273 Å². The number of alkyl halides is 6. The lowest BCUT2D eigenvalue weighted by molar-refractivity contribution is -0.168. The molecule has 2 aliphatic heterocycles. The van der Waals surface area contributed by atoms with Crippen molar-refractivity contribution in [3.05, 3.63) is 80.3 Å². The van der Waals surface area contributed by atoms with Crippen LogP contribution in [0.4, 0.5) is 26.3 Å². The largest absolute Gasteiger partial charge is 0.479 e. The highest BCUT2D eigenvalue weighted by molar-refractivity contribution is 7.10. The highest BCUT2D eigenvalue weighted by Gasteiger charge is 2.57. The van der Waals surface area contributed by atoms with Gasteiger partial charge in [-0.05, 0) is 54.7 Å². The minimum atomic E-state index is -4.94. The van der Waals surface area contributed by atoms with Gasteiger partial charge < -0.3 is 19.6 Å². The molecular formula is C31H28ClF6N3O5S. The van der Waals surface area contributed by atoms with Gasteiger partial charge in [0.05, 0.1) is 11.6 Å². The van der Waals surface area contributed by atoms with E-state index in [1.165, 1.54) is 12.1 Å². The Balaban J connectivity index is 1.65. The fourth-order valence-corrected chi connectivity index (χ4v) is 7.27. The highest BCUT2D eigenvalue weighted by atomic mass is 35.5. The lowest BCUT2D eigenvalue weighted by atomic mass is 9.78. The quantitative estimate of drug-likeness (QED) is 0.260. The summed E-state index contributed by atoms with van der Waals surface area (Å²) in [6, 6.07) is 4.09. The molecule has 4 heterocycles. The van der Waals surface area contributed by atoms with Crippen molar-refractivity contribution in [3.63, 3.8) is 0 Å². The van der Waals surface area contributed by atoms with E-state index >= 15 is 0 Å². The number of amides is 2. The Hall–Kier alpha value is -3.85. The van der Waals surface area contributed by atoms with Crippen molar-refractivity contribution >= 4 is 40.7 Å². The van der Waals surface area contributed by atoms with E-state index in [4.69, 9.17) is 16.3 Å². The average Bonchev–Trinajstić information content (AvgIpc) is 3.49. The third kappa shape index (κ3) is 6.64. The van der Waals surface area contributed by atoms with Gasteiger partial charge in [0.25, 0.3) is 11.8 Å². The first-order chi connectivity index (χ1) is 22.1. The Morgan fingerprint density at radius 3 is 2.47 bits per heavy atom. The number of piperidine rings is 1. The lowest BCUT2D eigenvalue weighted by Gasteiger charge is -2.51. The standard InChI is InChI=1S/C31H28ClF6N3O5S/c1-2-5-22-29(46-19-15-23(47-16-19)31(36,37)38,10-4-12-40(22)26(42)24-21(30(33,34)35)6-3-11-39-24)28(45)41-13-9-17-14-18(32)7-8-20(17)25(41)27(43)44/h3,6-8,11,14-16,22,25H,2,4-5,9-10,12-13H2,1H3,(H,43,44)/t22-,25?,29+/m1/s1. The van der Waals surface area contributed by atoms with Crippen LogP contribution in [0.15, 0.2) is 48.0 Å². The molecule has 0 radical (unpaired) electrons. The summed E-state index contributed by atoms with van der Waals surface area (Å²) in [5, 5.41) is 11.7. The third-order valence-corrected chi connectivity index (χ3v) is 9.53. The molecule has 1 aromatic carbocycles. The van der Waals surface area contributed by atoms with Crippen LogP contribution in [0.1, 0.15) is 70.7 Å². The van der Waals surface area contributed by atoms with E-state index < -0.39 is 64.0 Å². The van der Waals surface area contributed by atoms with E-state index in [2.05, 4.69) is 4.98 Å². The monoisotopic (exact) mass is 703 g/mol. The topological polar surface area (TPSA) is 100 Å². The summed E-state index contributed by atoms with van der Waals surface area (Å²) >= 11 is 6.44. The van der Waals surface area contributed by atoms with Crippen LogP contribution in [0, 0.1) is 0 Å². The van der Waals surface area contributed by atoms with Crippen molar-refractivity contribution in [1.29, 1.82) is 0 Å². The number of aliphatic carboxylic acids is 1. The number of carbonyl (C=O) groups is 3. The number of halogens is 7. The summed E-state index contributed by atoms with van der Waals surface area (Å²) in [4.78, 5) is 46.3. The van der Waals surface area contributed by atoms with Gasteiger partial charge in [0.1, 0.15) is 16.3 Å². The smallest absolute Gasteiger partial charge is 0.425 e. The number of fused-ring (bicyclic) bond motifs is 1. The highest BCUT2D eigenvalue weighted by Crippen LogP contribution is 2.44. The number of hydrogen-bond donors (Lipinski definition) is 1. The molecule has 2 aromatic heterocycles. The molecule has 1 saturated heterocycles. The molecule has 0 spiro atoms. The van der Waals surface area contributed by atoms with E-state index in [0.29, 0.717) is 34.1 Å². The van der Waals surface area contributed by atoms with Gasteiger partial charge in [-0.1, -0.05) is 31.0 Å². The number of ether oxygens (including phenoxy) is 1. The maximum atomic E-state index is 14.8. The number of likely N-dealkylation sites (tertiary alicyclic amines) is 1. The number of carboxylic acids is 1. The second-order valence-corrected chi connectivity index (χ2v) is 12.6. The molecule has 0 bridgehead atoms. The number of hydrogen-bond acceptors (Lipinski definition) is 6. The van der Waals surface area contributed by atoms with E-state index in [1.54, 1.807) is 13.0 Å². The van der Waals surface area contributed by atoms with Gasteiger partial charge in [-0.3, -0.25) is 14.6 Å². The van der Waals surface area contributed by atoms with Gasteiger partial charge in [0.2, 0.25) is 5.60 Å². The molecular weight excluding hydrogens is 676 g/mol. The van der Waals surface area contributed by atoms with Crippen LogP contribution in [-0.4, -0.2) is 62.4 Å². The molecule has 3 atom stereocenters. The summed E-state index contributed by atoms with van der Waals surface area (Å²) < 4.78 is 88.8.